The van der Waals surface area contributed by atoms with Crippen LogP contribution in [0.3, 0.4) is 0 Å². The van der Waals surface area contributed by atoms with E-state index in [9.17, 15) is 9.59 Å². The monoisotopic (exact) mass is 502 g/mol. The average molecular weight is 503 g/mol. The number of nitrogens with zero attached hydrogens (tertiary/aromatic N) is 1. The lowest BCUT2D eigenvalue weighted by molar-refractivity contribution is -0.141. The molecule has 1 aliphatic carbocycles. The molecule has 0 radical (unpaired) electrons. The van der Waals surface area contributed by atoms with Gasteiger partial charge in [0.15, 0.2) is 0 Å². The summed E-state index contributed by atoms with van der Waals surface area (Å²) in [6.07, 6.45) is 5.79. The van der Waals surface area contributed by atoms with E-state index in [0.29, 0.717) is 11.6 Å². The Morgan fingerprint density at radius 1 is 0.889 bits per heavy atom. The molecular weight excluding hydrogens is 468 g/mol. The second-order valence-corrected chi connectivity index (χ2v) is 10.2. The van der Waals surface area contributed by atoms with Crippen LogP contribution in [0.15, 0.2) is 84.9 Å². The van der Waals surface area contributed by atoms with Gasteiger partial charge in [-0.2, -0.15) is 0 Å². The number of carbonyl (C=O) groups is 2. The molecule has 0 saturated heterocycles. The predicted octanol–water partition coefficient (Wildman–Crippen LogP) is 6.73. The first kappa shape index (κ1) is 26.0. The van der Waals surface area contributed by atoms with Crippen LogP contribution in [0.5, 0.6) is 0 Å². The van der Waals surface area contributed by atoms with Crippen LogP contribution in [-0.2, 0) is 16.1 Å². The summed E-state index contributed by atoms with van der Waals surface area (Å²) in [4.78, 5) is 29.0. The van der Waals surface area contributed by atoms with Gasteiger partial charge in [-0.3, -0.25) is 9.59 Å². The van der Waals surface area contributed by atoms with Crippen LogP contribution in [0.1, 0.15) is 68.1 Å². The molecule has 5 heteroatoms. The van der Waals surface area contributed by atoms with Gasteiger partial charge in [0, 0.05) is 29.9 Å². The third kappa shape index (κ3) is 6.98. The number of nitrogens with one attached hydrogen (secondary N) is 1. The fourth-order valence-corrected chi connectivity index (χ4v) is 5.29. The van der Waals surface area contributed by atoms with E-state index >= 15 is 0 Å². The molecule has 0 spiro atoms. The highest BCUT2D eigenvalue weighted by atomic mass is 35.5. The van der Waals surface area contributed by atoms with Gasteiger partial charge >= 0.3 is 0 Å². The van der Waals surface area contributed by atoms with Crippen molar-refractivity contribution < 1.29 is 9.59 Å². The lowest BCUT2D eigenvalue weighted by Crippen LogP contribution is -2.50. The Morgan fingerprint density at radius 3 is 2.08 bits per heavy atom. The Labute approximate surface area is 219 Å². The molecule has 4 rings (SSSR count). The summed E-state index contributed by atoms with van der Waals surface area (Å²) < 4.78 is 0. The second kappa shape index (κ2) is 12.7. The molecule has 36 heavy (non-hydrogen) atoms. The zero-order valence-corrected chi connectivity index (χ0v) is 21.7. The van der Waals surface area contributed by atoms with Gasteiger partial charge in [0.25, 0.3) is 0 Å². The molecule has 4 nitrogen and oxygen atoms in total. The first-order valence-corrected chi connectivity index (χ1v) is 13.3. The highest BCUT2D eigenvalue weighted by molar-refractivity contribution is 6.30. The van der Waals surface area contributed by atoms with Crippen molar-refractivity contribution in [3.05, 3.63) is 107 Å². The standard InChI is InChI=1S/C31H35ClN2O2/c1-23(31(36)33-28-18-9-4-10-19-28)34(22-24-12-11-17-27(32)20-24)30(35)21-29(25-13-5-2-6-14-25)26-15-7-3-8-16-26/h2-3,5-8,11-17,20,23,28-29H,4,9-10,18-19,21-22H2,1H3,(H,33,36)/t23-/m0/s1. The summed E-state index contributed by atoms with van der Waals surface area (Å²) >= 11 is 6.24. The van der Waals surface area contributed by atoms with E-state index in [1.165, 1.54) is 6.42 Å². The van der Waals surface area contributed by atoms with Crippen molar-refractivity contribution in [2.24, 2.45) is 0 Å². The summed E-state index contributed by atoms with van der Waals surface area (Å²) in [6.45, 7) is 2.16. The van der Waals surface area contributed by atoms with Gasteiger partial charge in [0.1, 0.15) is 6.04 Å². The number of amides is 2. The summed E-state index contributed by atoms with van der Waals surface area (Å²) in [6, 6.07) is 27.3. The van der Waals surface area contributed by atoms with Crippen LogP contribution in [0.4, 0.5) is 0 Å². The molecule has 0 unspecified atom stereocenters. The summed E-state index contributed by atoms with van der Waals surface area (Å²) in [5.74, 6) is -0.248. The highest BCUT2D eigenvalue weighted by Gasteiger charge is 2.30. The van der Waals surface area contributed by atoms with Crippen LogP contribution >= 0.6 is 11.6 Å². The Balaban J connectivity index is 1.59. The number of benzene rings is 3. The first-order chi connectivity index (χ1) is 17.5. The maximum atomic E-state index is 13.9. The molecule has 2 amide bonds. The number of rotatable bonds is 9. The van der Waals surface area contributed by atoms with Gasteiger partial charge in [0.2, 0.25) is 11.8 Å². The van der Waals surface area contributed by atoms with Crippen molar-refractivity contribution in [1.82, 2.24) is 10.2 Å². The molecular formula is C31H35ClN2O2. The lowest BCUT2D eigenvalue weighted by Gasteiger charge is -2.32. The summed E-state index contributed by atoms with van der Waals surface area (Å²) in [7, 11) is 0. The molecule has 3 aromatic rings. The van der Waals surface area contributed by atoms with Crippen LogP contribution in [-0.4, -0.2) is 28.8 Å². The fourth-order valence-electron chi connectivity index (χ4n) is 5.07. The van der Waals surface area contributed by atoms with E-state index in [2.05, 4.69) is 29.6 Å². The van der Waals surface area contributed by atoms with Crippen LogP contribution in [0.25, 0.3) is 0 Å². The maximum absolute atomic E-state index is 13.9. The Kier molecular flexibility index (Phi) is 9.18. The van der Waals surface area contributed by atoms with Crippen molar-refractivity contribution in [2.75, 3.05) is 0 Å². The van der Waals surface area contributed by atoms with Gasteiger partial charge in [-0.15, -0.1) is 0 Å². The highest BCUT2D eigenvalue weighted by Crippen LogP contribution is 2.29. The summed E-state index contributed by atoms with van der Waals surface area (Å²) in [5, 5.41) is 3.83. The van der Waals surface area contributed by atoms with Crippen molar-refractivity contribution in [3.63, 3.8) is 0 Å². The first-order valence-electron chi connectivity index (χ1n) is 13.0. The molecule has 0 aromatic heterocycles. The Bertz CT molecular complexity index is 1090. The quantitative estimate of drug-likeness (QED) is 0.352. The number of hydrogen-bond acceptors (Lipinski definition) is 2. The number of hydrogen-bond donors (Lipinski definition) is 1. The van der Waals surface area contributed by atoms with E-state index in [1.54, 1.807) is 4.90 Å². The molecule has 1 atom stereocenters. The molecule has 0 heterocycles. The molecule has 1 fully saturated rings. The maximum Gasteiger partial charge on any atom is 0.242 e. The molecule has 188 valence electrons. The smallest absolute Gasteiger partial charge is 0.242 e. The second-order valence-electron chi connectivity index (χ2n) is 9.75. The van der Waals surface area contributed by atoms with Crippen molar-refractivity contribution >= 4 is 23.4 Å². The van der Waals surface area contributed by atoms with Gasteiger partial charge in [-0.1, -0.05) is 104 Å². The van der Waals surface area contributed by atoms with E-state index in [0.717, 1.165) is 42.4 Å². The van der Waals surface area contributed by atoms with E-state index < -0.39 is 6.04 Å². The Morgan fingerprint density at radius 2 is 1.50 bits per heavy atom. The van der Waals surface area contributed by atoms with Gasteiger partial charge in [-0.25, -0.2) is 0 Å². The van der Waals surface area contributed by atoms with E-state index in [1.807, 2.05) is 67.6 Å². The zero-order valence-electron chi connectivity index (χ0n) is 20.9. The minimum atomic E-state index is -0.592. The lowest BCUT2D eigenvalue weighted by atomic mass is 9.88. The SMILES string of the molecule is C[C@@H](C(=O)NC1CCCCC1)N(Cc1cccc(Cl)c1)C(=O)CC(c1ccccc1)c1ccccc1. The molecule has 1 aliphatic rings. The molecule has 1 N–H and O–H groups in total. The van der Waals surface area contributed by atoms with Crippen LogP contribution in [0.2, 0.25) is 5.02 Å². The van der Waals surface area contributed by atoms with E-state index in [4.69, 9.17) is 11.6 Å². The van der Waals surface area contributed by atoms with Gasteiger partial charge in [-0.05, 0) is 48.6 Å². The largest absolute Gasteiger partial charge is 0.352 e. The fraction of sp³-hybridized carbons (Fsp3) is 0.355. The number of carbonyl (C=O) groups excluding carboxylic acids is 2. The molecule has 0 aliphatic heterocycles. The van der Waals surface area contributed by atoms with Crippen molar-refractivity contribution in [3.8, 4) is 0 Å². The van der Waals surface area contributed by atoms with E-state index in [-0.39, 0.29) is 30.2 Å². The number of halogens is 1. The zero-order chi connectivity index (χ0) is 25.3. The van der Waals surface area contributed by atoms with Gasteiger partial charge < -0.3 is 10.2 Å². The Hall–Kier alpha value is -3.11. The van der Waals surface area contributed by atoms with Crippen LogP contribution in [0, 0.1) is 0 Å². The average Bonchev–Trinajstić information content (AvgIpc) is 2.91. The van der Waals surface area contributed by atoms with Crippen molar-refractivity contribution in [1.29, 1.82) is 0 Å². The predicted molar refractivity (Wildman–Crippen MR) is 146 cm³/mol. The minimum absolute atomic E-state index is 0.0565. The van der Waals surface area contributed by atoms with Gasteiger partial charge in [0.05, 0.1) is 0 Å². The van der Waals surface area contributed by atoms with Crippen molar-refractivity contribution in [2.45, 2.75) is 70.0 Å². The molecule has 0 bridgehead atoms. The summed E-state index contributed by atoms with van der Waals surface area (Å²) in [5.41, 5.74) is 3.07. The molecule has 1 saturated carbocycles. The minimum Gasteiger partial charge on any atom is -0.352 e. The normalized spacial score (nSPS) is 14.9. The topological polar surface area (TPSA) is 49.4 Å². The third-order valence-corrected chi connectivity index (χ3v) is 7.38. The molecule has 3 aromatic carbocycles. The third-order valence-electron chi connectivity index (χ3n) is 7.14. The van der Waals surface area contributed by atoms with Crippen LogP contribution < -0.4 is 5.32 Å².